The van der Waals surface area contributed by atoms with Crippen LogP contribution in [0.5, 0.6) is 0 Å². The number of hydrogen-bond acceptors (Lipinski definition) is 4. The molecule has 4 rings (SSSR count). The number of rotatable bonds is 4. The highest BCUT2D eigenvalue weighted by atomic mass is 16.1. The van der Waals surface area contributed by atoms with Crippen molar-refractivity contribution in [3.05, 3.63) is 94.4 Å². The first-order chi connectivity index (χ1) is 14.0. The van der Waals surface area contributed by atoms with E-state index in [0.29, 0.717) is 33.4 Å². The summed E-state index contributed by atoms with van der Waals surface area (Å²) in [5.74, 6) is -0.314. The van der Waals surface area contributed by atoms with E-state index in [1.807, 2.05) is 61.5 Å². The highest BCUT2D eigenvalue weighted by Crippen LogP contribution is 2.32. The normalized spacial score (nSPS) is 11.9. The second-order valence-electron chi connectivity index (χ2n) is 6.81. The number of hydrogen-bond donors (Lipinski definition) is 3. The third-order valence-corrected chi connectivity index (χ3v) is 4.85. The molecule has 0 spiro atoms. The lowest BCUT2D eigenvalue weighted by Gasteiger charge is -2.18. The largest absolute Gasteiger partial charge is 0.396 e. The first-order valence-corrected chi connectivity index (χ1v) is 9.27. The maximum Gasteiger partial charge on any atom is 0.254 e. The standard InChI is InChI=1S/C23H20N4O2/c1-14(16-11-12-25-19(28)13-16)26-23(29)20-17-9-5-6-10-18(17)27-22(21(20)24)15-7-3-2-4-8-15/h2-14H,24H2,1H3,(H,25,28)(H,26,29). The summed E-state index contributed by atoms with van der Waals surface area (Å²) < 4.78 is 0. The molecule has 2 heterocycles. The molecule has 0 saturated carbocycles. The Morgan fingerprint density at radius 3 is 2.55 bits per heavy atom. The Balaban J connectivity index is 1.80. The third kappa shape index (κ3) is 3.60. The average Bonchev–Trinajstić information content (AvgIpc) is 2.73. The first kappa shape index (κ1) is 18.4. The van der Waals surface area contributed by atoms with Gasteiger partial charge in [0, 0.05) is 23.2 Å². The summed E-state index contributed by atoms with van der Waals surface area (Å²) >= 11 is 0. The molecule has 1 amide bonds. The summed E-state index contributed by atoms with van der Waals surface area (Å²) in [6.07, 6.45) is 1.56. The number of nitrogens with two attached hydrogens (primary N) is 1. The number of nitrogen functional groups attached to an aromatic ring is 1. The van der Waals surface area contributed by atoms with Crippen LogP contribution < -0.4 is 16.6 Å². The molecule has 4 N–H and O–H groups in total. The fourth-order valence-corrected chi connectivity index (χ4v) is 3.37. The summed E-state index contributed by atoms with van der Waals surface area (Å²) in [5.41, 5.74) is 9.74. The van der Waals surface area contributed by atoms with Gasteiger partial charge in [0.1, 0.15) is 0 Å². The van der Waals surface area contributed by atoms with Gasteiger partial charge < -0.3 is 16.0 Å². The van der Waals surface area contributed by atoms with Gasteiger partial charge in [0.15, 0.2) is 0 Å². The van der Waals surface area contributed by atoms with Gasteiger partial charge in [-0.3, -0.25) is 9.59 Å². The van der Waals surface area contributed by atoms with E-state index < -0.39 is 0 Å². The molecule has 0 fully saturated rings. The predicted octanol–water partition coefficient (Wildman–Crippen LogP) is 3.66. The highest BCUT2D eigenvalue weighted by molar-refractivity contribution is 6.12. The minimum atomic E-state index is -0.365. The van der Waals surface area contributed by atoms with Gasteiger partial charge >= 0.3 is 0 Å². The van der Waals surface area contributed by atoms with E-state index in [-0.39, 0.29) is 17.5 Å². The minimum absolute atomic E-state index is 0.219. The Morgan fingerprint density at radius 2 is 1.79 bits per heavy atom. The number of nitrogens with one attached hydrogen (secondary N) is 2. The number of nitrogens with zero attached hydrogens (tertiary/aromatic N) is 1. The van der Waals surface area contributed by atoms with Crippen LogP contribution in [-0.4, -0.2) is 15.9 Å². The van der Waals surface area contributed by atoms with Crippen LogP contribution in [0.2, 0.25) is 0 Å². The molecule has 0 radical (unpaired) electrons. The van der Waals surface area contributed by atoms with Crippen molar-refractivity contribution in [2.75, 3.05) is 5.73 Å². The summed E-state index contributed by atoms with van der Waals surface area (Å²) in [6, 6.07) is 19.8. The lowest BCUT2D eigenvalue weighted by molar-refractivity contribution is 0.0942. The maximum atomic E-state index is 13.2. The van der Waals surface area contributed by atoms with Crippen molar-refractivity contribution in [2.45, 2.75) is 13.0 Å². The van der Waals surface area contributed by atoms with Crippen LogP contribution in [0.1, 0.15) is 28.9 Å². The molecule has 144 valence electrons. The Morgan fingerprint density at radius 1 is 1.07 bits per heavy atom. The van der Waals surface area contributed by atoms with Gasteiger partial charge in [-0.15, -0.1) is 0 Å². The lowest BCUT2D eigenvalue weighted by atomic mass is 10.00. The van der Waals surface area contributed by atoms with Crippen molar-refractivity contribution in [1.82, 2.24) is 15.3 Å². The number of aromatic amines is 1. The minimum Gasteiger partial charge on any atom is -0.396 e. The van der Waals surface area contributed by atoms with Crippen LogP contribution in [0.25, 0.3) is 22.2 Å². The van der Waals surface area contributed by atoms with Crippen LogP contribution >= 0.6 is 0 Å². The molecule has 1 unspecified atom stereocenters. The van der Waals surface area contributed by atoms with Crippen molar-refractivity contribution in [3.63, 3.8) is 0 Å². The van der Waals surface area contributed by atoms with Crippen molar-refractivity contribution < 1.29 is 4.79 Å². The van der Waals surface area contributed by atoms with Gasteiger partial charge in [-0.25, -0.2) is 4.98 Å². The van der Waals surface area contributed by atoms with Crippen molar-refractivity contribution >= 4 is 22.5 Å². The first-order valence-electron chi connectivity index (χ1n) is 9.27. The molecule has 1 atom stereocenters. The second-order valence-corrected chi connectivity index (χ2v) is 6.81. The van der Waals surface area contributed by atoms with E-state index in [1.54, 1.807) is 12.3 Å². The molecule has 0 bridgehead atoms. The number of carbonyl (C=O) groups is 1. The molecule has 2 aromatic heterocycles. The molecule has 29 heavy (non-hydrogen) atoms. The number of H-pyrrole nitrogens is 1. The van der Waals surface area contributed by atoms with Gasteiger partial charge in [0.05, 0.1) is 28.5 Å². The fraction of sp³-hybridized carbons (Fsp3) is 0.0870. The summed E-state index contributed by atoms with van der Waals surface area (Å²) in [7, 11) is 0. The van der Waals surface area contributed by atoms with Crippen molar-refractivity contribution in [3.8, 4) is 11.3 Å². The molecule has 0 saturated heterocycles. The average molecular weight is 384 g/mol. The van der Waals surface area contributed by atoms with Gasteiger partial charge in [0.2, 0.25) is 5.56 Å². The summed E-state index contributed by atoms with van der Waals surface area (Å²) in [4.78, 5) is 32.1. The van der Waals surface area contributed by atoms with Crippen LogP contribution in [0.4, 0.5) is 5.69 Å². The number of aromatic nitrogens is 2. The van der Waals surface area contributed by atoms with Gasteiger partial charge in [-0.1, -0.05) is 48.5 Å². The second kappa shape index (κ2) is 7.59. The van der Waals surface area contributed by atoms with E-state index in [4.69, 9.17) is 5.73 Å². The van der Waals surface area contributed by atoms with E-state index >= 15 is 0 Å². The number of carbonyl (C=O) groups excluding carboxylic acids is 1. The van der Waals surface area contributed by atoms with Crippen LogP contribution in [0, 0.1) is 0 Å². The van der Waals surface area contributed by atoms with Crippen LogP contribution in [0.15, 0.2) is 77.7 Å². The van der Waals surface area contributed by atoms with E-state index in [9.17, 15) is 9.59 Å². The predicted molar refractivity (Wildman–Crippen MR) is 115 cm³/mol. The monoisotopic (exact) mass is 384 g/mol. The van der Waals surface area contributed by atoms with Crippen LogP contribution in [-0.2, 0) is 0 Å². The quantitative estimate of drug-likeness (QED) is 0.500. The van der Waals surface area contributed by atoms with E-state index in [1.165, 1.54) is 6.07 Å². The zero-order chi connectivity index (χ0) is 20.4. The Bertz CT molecular complexity index is 1250. The molecule has 0 aliphatic heterocycles. The molecule has 0 aliphatic carbocycles. The Kier molecular flexibility index (Phi) is 4.83. The molecular formula is C23H20N4O2. The molecule has 2 aromatic carbocycles. The lowest BCUT2D eigenvalue weighted by Crippen LogP contribution is -2.28. The Labute approximate surface area is 167 Å². The molecule has 6 nitrogen and oxygen atoms in total. The summed E-state index contributed by atoms with van der Waals surface area (Å²) in [5, 5.41) is 3.63. The van der Waals surface area contributed by atoms with Crippen LogP contribution in [0.3, 0.4) is 0 Å². The Hall–Kier alpha value is -3.93. The molecule has 0 aliphatic rings. The SMILES string of the molecule is CC(NC(=O)c1c(N)c(-c2ccccc2)nc2ccccc12)c1cc[nH]c(=O)c1. The smallest absolute Gasteiger partial charge is 0.254 e. The number of benzene rings is 2. The topological polar surface area (TPSA) is 101 Å². The molecule has 6 heteroatoms. The zero-order valence-electron chi connectivity index (χ0n) is 15.8. The van der Waals surface area contributed by atoms with E-state index in [0.717, 1.165) is 5.56 Å². The van der Waals surface area contributed by atoms with Gasteiger partial charge in [0.25, 0.3) is 5.91 Å². The maximum absolute atomic E-state index is 13.2. The van der Waals surface area contributed by atoms with Crippen molar-refractivity contribution in [1.29, 1.82) is 0 Å². The van der Waals surface area contributed by atoms with Crippen molar-refractivity contribution in [2.24, 2.45) is 0 Å². The number of pyridine rings is 2. The third-order valence-electron chi connectivity index (χ3n) is 4.85. The van der Waals surface area contributed by atoms with E-state index in [2.05, 4.69) is 15.3 Å². The van der Waals surface area contributed by atoms with Gasteiger partial charge in [-0.05, 0) is 24.6 Å². The molecular weight excluding hydrogens is 364 g/mol. The fourth-order valence-electron chi connectivity index (χ4n) is 3.37. The highest BCUT2D eigenvalue weighted by Gasteiger charge is 2.21. The number of anilines is 1. The summed E-state index contributed by atoms with van der Waals surface area (Å²) in [6.45, 7) is 1.82. The number of fused-ring (bicyclic) bond motifs is 1. The van der Waals surface area contributed by atoms with Gasteiger partial charge in [-0.2, -0.15) is 0 Å². The number of amides is 1. The molecule has 4 aromatic rings. The zero-order valence-corrected chi connectivity index (χ0v) is 15.8. The number of para-hydroxylation sites is 1.